The number of nitrogens with two attached hydrogens (primary N) is 1. The minimum atomic E-state index is -4.15. The molecule has 0 saturated carbocycles. The largest absolute Gasteiger partial charge is 0.366 e. The number of hydrogen-bond acceptors (Lipinski definition) is 5. The van der Waals surface area contributed by atoms with Crippen LogP contribution in [0.15, 0.2) is 23.1 Å². The molecular weight excluding hydrogens is 260 g/mol. The van der Waals surface area contributed by atoms with Crippen molar-refractivity contribution in [3.05, 3.63) is 33.9 Å². The molecule has 0 aliphatic carbocycles. The summed E-state index contributed by atoms with van der Waals surface area (Å²) in [7, 11) is 0.855. The third-order valence-corrected chi connectivity index (χ3v) is 3.00. The molecule has 0 radical (unpaired) electrons. The number of non-ortho nitro benzene ring substituents is 1. The first-order valence-electron chi connectivity index (χ1n) is 3.76. The number of carbonyl (C=O) groups excluding carboxylic acids is 1. The normalized spacial score (nSPS) is 11.1. The van der Waals surface area contributed by atoms with Crippen LogP contribution in [0, 0.1) is 10.1 Å². The summed E-state index contributed by atoms with van der Waals surface area (Å²) in [4.78, 5) is 19.9. The Labute approximate surface area is 94.4 Å². The van der Waals surface area contributed by atoms with Crippen LogP contribution in [0.1, 0.15) is 10.4 Å². The minimum Gasteiger partial charge on any atom is -0.366 e. The average molecular weight is 265 g/mol. The molecule has 2 N–H and O–H groups in total. The zero-order chi connectivity index (χ0) is 12.5. The van der Waals surface area contributed by atoms with Crippen molar-refractivity contribution in [3.63, 3.8) is 0 Å². The molecule has 0 heterocycles. The van der Waals surface area contributed by atoms with Crippen molar-refractivity contribution in [2.45, 2.75) is 4.90 Å². The summed E-state index contributed by atoms with van der Waals surface area (Å²) in [6, 6.07) is 2.49. The average Bonchev–Trinajstić information content (AvgIpc) is 2.15. The van der Waals surface area contributed by atoms with E-state index in [1.807, 2.05) is 0 Å². The van der Waals surface area contributed by atoms with E-state index in [9.17, 15) is 23.3 Å². The molecule has 0 aromatic heterocycles. The third-order valence-electron chi connectivity index (χ3n) is 1.67. The van der Waals surface area contributed by atoms with Gasteiger partial charge in [0.1, 0.15) is 0 Å². The van der Waals surface area contributed by atoms with Crippen LogP contribution in [0.3, 0.4) is 0 Å². The number of halogens is 1. The maximum Gasteiger partial charge on any atom is 0.271 e. The van der Waals surface area contributed by atoms with Crippen molar-refractivity contribution in [1.29, 1.82) is 0 Å². The molecule has 9 heteroatoms. The number of nitrogens with zero attached hydrogens (tertiary/aromatic N) is 1. The fraction of sp³-hybridized carbons (Fsp3) is 0. The molecule has 0 fully saturated rings. The summed E-state index contributed by atoms with van der Waals surface area (Å²) >= 11 is 0. The Kier molecular flexibility index (Phi) is 3.15. The number of amides is 1. The summed E-state index contributed by atoms with van der Waals surface area (Å²) in [5.74, 6) is -0.981. The van der Waals surface area contributed by atoms with Gasteiger partial charge >= 0.3 is 0 Å². The molecule has 0 aliphatic rings. The predicted molar refractivity (Wildman–Crippen MR) is 54.7 cm³/mol. The molecule has 0 saturated heterocycles. The number of hydrogen-bond donors (Lipinski definition) is 1. The van der Waals surface area contributed by atoms with E-state index in [4.69, 9.17) is 16.4 Å². The maximum atomic E-state index is 11.0. The van der Waals surface area contributed by atoms with Gasteiger partial charge in [0.2, 0.25) is 5.91 Å². The van der Waals surface area contributed by atoms with Gasteiger partial charge in [0.15, 0.2) is 0 Å². The Bertz CT molecular complexity index is 536. The first kappa shape index (κ1) is 12.4. The van der Waals surface area contributed by atoms with Crippen LogP contribution in [0.4, 0.5) is 5.69 Å². The van der Waals surface area contributed by atoms with Crippen molar-refractivity contribution in [2.75, 3.05) is 0 Å². The van der Waals surface area contributed by atoms with Gasteiger partial charge in [-0.05, 0) is 6.07 Å². The summed E-state index contributed by atoms with van der Waals surface area (Å²) in [5, 5.41) is 10.5. The highest BCUT2D eigenvalue weighted by Crippen LogP contribution is 2.23. The van der Waals surface area contributed by atoms with Crippen LogP contribution in [-0.4, -0.2) is 19.2 Å². The summed E-state index contributed by atoms with van der Waals surface area (Å²) in [6.07, 6.45) is 0. The Hall–Kier alpha value is -1.67. The number of nitro groups is 1. The Morgan fingerprint density at radius 1 is 1.38 bits per heavy atom. The van der Waals surface area contributed by atoms with Crippen LogP contribution in [0.2, 0.25) is 0 Å². The summed E-state index contributed by atoms with van der Waals surface area (Å²) in [5.41, 5.74) is 4.02. The lowest BCUT2D eigenvalue weighted by atomic mass is 10.2. The topological polar surface area (TPSA) is 120 Å². The van der Waals surface area contributed by atoms with E-state index in [2.05, 4.69) is 0 Å². The van der Waals surface area contributed by atoms with E-state index in [0.717, 1.165) is 18.2 Å². The predicted octanol–water partition coefficient (Wildman–Crippen LogP) is 0.621. The molecule has 0 spiro atoms. The quantitative estimate of drug-likeness (QED) is 0.487. The number of carbonyl (C=O) groups is 1. The molecule has 0 atom stereocenters. The molecule has 1 aromatic rings. The standard InChI is InChI=1S/C7H5ClN2O5S/c8-16(14,15)6-2-4(7(9)11)1-5(3-6)10(12)13/h1-3H,(H2,9,11). The van der Waals surface area contributed by atoms with Crippen molar-refractivity contribution >= 4 is 31.3 Å². The second-order valence-corrected chi connectivity index (χ2v) is 5.34. The molecule has 16 heavy (non-hydrogen) atoms. The highest BCUT2D eigenvalue weighted by atomic mass is 35.7. The molecule has 0 unspecified atom stereocenters. The first-order valence-corrected chi connectivity index (χ1v) is 6.06. The molecule has 0 aliphatic heterocycles. The van der Waals surface area contributed by atoms with Gasteiger partial charge < -0.3 is 5.73 Å². The summed E-state index contributed by atoms with van der Waals surface area (Å²) < 4.78 is 21.9. The fourth-order valence-corrected chi connectivity index (χ4v) is 1.77. The maximum absolute atomic E-state index is 11.0. The monoisotopic (exact) mass is 264 g/mol. The van der Waals surface area contributed by atoms with Gasteiger partial charge in [-0.1, -0.05) is 0 Å². The molecule has 1 aromatic carbocycles. The van der Waals surface area contributed by atoms with E-state index < -0.39 is 30.5 Å². The smallest absolute Gasteiger partial charge is 0.271 e. The summed E-state index contributed by atoms with van der Waals surface area (Å²) in [6.45, 7) is 0. The van der Waals surface area contributed by atoms with E-state index in [0.29, 0.717) is 0 Å². The Morgan fingerprint density at radius 3 is 2.31 bits per heavy atom. The van der Waals surface area contributed by atoms with Crippen molar-refractivity contribution in [3.8, 4) is 0 Å². The van der Waals surface area contributed by atoms with Crippen LogP contribution in [-0.2, 0) is 9.05 Å². The zero-order valence-corrected chi connectivity index (χ0v) is 9.16. The number of rotatable bonds is 3. The number of primary amides is 1. The van der Waals surface area contributed by atoms with Crippen LogP contribution >= 0.6 is 10.7 Å². The lowest BCUT2D eigenvalue weighted by Crippen LogP contribution is -2.12. The molecule has 86 valence electrons. The first-order chi connectivity index (χ1) is 7.21. The lowest BCUT2D eigenvalue weighted by molar-refractivity contribution is -0.385. The van der Waals surface area contributed by atoms with Gasteiger partial charge in [0.25, 0.3) is 14.7 Å². The SMILES string of the molecule is NC(=O)c1cc([N+](=O)[O-])cc(S(=O)(=O)Cl)c1. The molecule has 7 nitrogen and oxygen atoms in total. The molecule has 0 bridgehead atoms. The number of benzene rings is 1. The van der Waals surface area contributed by atoms with Crippen LogP contribution in [0.5, 0.6) is 0 Å². The number of nitro benzene ring substituents is 1. The molecule has 1 rings (SSSR count). The van der Waals surface area contributed by atoms with Crippen molar-refractivity contribution < 1.29 is 18.1 Å². The second-order valence-electron chi connectivity index (χ2n) is 2.77. The second kappa shape index (κ2) is 4.06. The van der Waals surface area contributed by atoms with Gasteiger partial charge in [-0.2, -0.15) is 0 Å². The Balaban J connectivity index is 3.54. The van der Waals surface area contributed by atoms with E-state index in [1.54, 1.807) is 0 Å². The van der Waals surface area contributed by atoms with Gasteiger partial charge in [-0.15, -0.1) is 0 Å². The lowest BCUT2D eigenvalue weighted by Gasteiger charge is -2.00. The van der Waals surface area contributed by atoms with Crippen LogP contribution < -0.4 is 5.73 Å². The highest BCUT2D eigenvalue weighted by molar-refractivity contribution is 8.13. The van der Waals surface area contributed by atoms with Gasteiger partial charge in [-0.3, -0.25) is 14.9 Å². The molecule has 1 amide bonds. The van der Waals surface area contributed by atoms with Gasteiger partial charge in [-0.25, -0.2) is 8.42 Å². The van der Waals surface area contributed by atoms with Gasteiger partial charge in [0.05, 0.1) is 9.82 Å². The highest BCUT2D eigenvalue weighted by Gasteiger charge is 2.19. The van der Waals surface area contributed by atoms with E-state index >= 15 is 0 Å². The van der Waals surface area contributed by atoms with Crippen molar-refractivity contribution in [2.24, 2.45) is 5.73 Å². The van der Waals surface area contributed by atoms with Gasteiger partial charge in [0, 0.05) is 28.4 Å². The van der Waals surface area contributed by atoms with E-state index in [1.165, 1.54) is 0 Å². The minimum absolute atomic E-state index is 0.298. The third kappa shape index (κ3) is 2.67. The molecular formula is C7H5ClN2O5S. The Morgan fingerprint density at radius 2 is 1.94 bits per heavy atom. The van der Waals surface area contributed by atoms with Crippen LogP contribution in [0.25, 0.3) is 0 Å². The van der Waals surface area contributed by atoms with Crippen molar-refractivity contribution in [1.82, 2.24) is 0 Å². The zero-order valence-electron chi connectivity index (χ0n) is 7.58. The fourth-order valence-electron chi connectivity index (χ4n) is 0.972. The van der Waals surface area contributed by atoms with E-state index in [-0.39, 0.29) is 5.56 Å².